The zero-order valence-electron chi connectivity index (χ0n) is 14.9. The van der Waals surface area contributed by atoms with Crippen molar-refractivity contribution in [3.63, 3.8) is 0 Å². The van der Waals surface area contributed by atoms with Gasteiger partial charge < -0.3 is 10.1 Å². The molecule has 3 rings (SSSR count). The molecule has 0 fully saturated rings. The van der Waals surface area contributed by atoms with Crippen LogP contribution in [0.1, 0.15) is 22.3 Å². The Morgan fingerprint density at radius 2 is 1.62 bits per heavy atom. The van der Waals surface area contributed by atoms with Crippen LogP contribution in [0.5, 0.6) is 5.75 Å². The van der Waals surface area contributed by atoms with E-state index in [4.69, 9.17) is 16.3 Å². The van der Waals surface area contributed by atoms with E-state index in [1.807, 2.05) is 42.5 Å². The van der Waals surface area contributed by atoms with Gasteiger partial charge in [-0.15, -0.1) is 0 Å². The fourth-order valence-electron chi connectivity index (χ4n) is 2.57. The SMILES string of the molecule is Cc1ccc(NCc2ccc(OCc3ccc(Br)cc3)c(Cl)c2)cc1C. The highest BCUT2D eigenvalue weighted by Gasteiger charge is 2.05. The van der Waals surface area contributed by atoms with Gasteiger partial charge in [-0.2, -0.15) is 0 Å². The largest absolute Gasteiger partial charge is 0.487 e. The Balaban J connectivity index is 1.59. The molecule has 0 aliphatic heterocycles. The molecule has 0 saturated carbocycles. The maximum Gasteiger partial charge on any atom is 0.138 e. The van der Waals surface area contributed by atoms with Crippen molar-refractivity contribution in [2.45, 2.75) is 27.0 Å². The molecule has 0 aromatic heterocycles. The van der Waals surface area contributed by atoms with Crippen molar-refractivity contribution in [2.24, 2.45) is 0 Å². The van der Waals surface area contributed by atoms with Gasteiger partial charge in [-0.1, -0.05) is 51.8 Å². The van der Waals surface area contributed by atoms with E-state index in [2.05, 4.69) is 53.3 Å². The second-order valence-electron chi connectivity index (χ2n) is 6.33. The minimum Gasteiger partial charge on any atom is -0.487 e. The van der Waals surface area contributed by atoms with Crippen LogP contribution < -0.4 is 10.1 Å². The average Bonchev–Trinajstić information content (AvgIpc) is 2.63. The lowest BCUT2D eigenvalue weighted by Crippen LogP contribution is -2.01. The Hall–Kier alpha value is -1.97. The van der Waals surface area contributed by atoms with Gasteiger partial charge in [0.05, 0.1) is 5.02 Å². The maximum atomic E-state index is 6.39. The third-order valence-electron chi connectivity index (χ3n) is 4.31. The topological polar surface area (TPSA) is 21.3 Å². The van der Waals surface area contributed by atoms with E-state index in [9.17, 15) is 0 Å². The maximum absolute atomic E-state index is 6.39. The van der Waals surface area contributed by atoms with Crippen LogP contribution >= 0.6 is 27.5 Å². The summed E-state index contributed by atoms with van der Waals surface area (Å²) in [6, 6.07) is 20.4. The van der Waals surface area contributed by atoms with E-state index in [0.717, 1.165) is 27.8 Å². The summed E-state index contributed by atoms with van der Waals surface area (Å²) in [4.78, 5) is 0. The van der Waals surface area contributed by atoms with Gasteiger partial charge >= 0.3 is 0 Å². The first-order valence-corrected chi connectivity index (χ1v) is 9.65. The molecule has 4 heteroatoms. The van der Waals surface area contributed by atoms with E-state index in [1.165, 1.54) is 11.1 Å². The van der Waals surface area contributed by atoms with E-state index in [0.29, 0.717) is 17.4 Å². The van der Waals surface area contributed by atoms with Crippen molar-refractivity contribution in [1.29, 1.82) is 0 Å². The smallest absolute Gasteiger partial charge is 0.138 e. The van der Waals surface area contributed by atoms with Gasteiger partial charge in [-0.25, -0.2) is 0 Å². The van der Waals surface area contributed by atoms with E-state index < -0.39 is 0 Å². The molecule has 0 spiro atoms. The molecule has 26 heavy (non-hydrogen) atoms. The first kappa shape index (κ1) is 18.8. The second kappa shape index (κ2) is 8.61. The van der Waals surface area contributed by atoms with Crippen LogP contribution in [-0.2, 0) is 13.2 Å². The Kier molecular flexibility index (Phi) is 6.23. The summed E-state index contributed by atoms with van der Waals surface area (Å²) in [5.41, 5.74) is 5.91. The zero-order valence-corrected chi connectivity index (χ0v) is 17.2. The highest BCUT2D eigenvalue weighted by atomic mass is 79.9. The first-order valence-electron chi connectivity index (χ1n) is 8.48. The lowest BCUT2D eigenvalue weighted by Gasteiger charge is -2.12. The van der Waals surface area contributed by atoms with Crippen molar-refractivity contribution in [3.05, 3.63) is 92.4 Å². The Morgan fingerprint density at radius 3 is 2.31 bits per heavy atom. The van der Waals surface area contributed by atoms with E-state index >= 15 is 0 Å². The van der Waals surface area contributed by atoms with Gasteiger partial charge in [0.15, 0.2) is 0 Å². The molecule has 0 aliphatic rings. The minimum absolute atomic E-state index is 0.493. The molecule has 0 aliphatic carbocycles. The van der Waals surface area contributed by atoms with Gasteiger partial charge in [-0.05, 0) is 72.5 Å². The average molecular weight is 431 g/mol. The van der Waals surface area contributed by atoms with Gasteiger partial charge in [0.1, 0.15) is 12.4 Å². The second-order valence-corrected chi connectivity index (χ2v) is 7.66. The Bertz CT molecular complexity index is 893. The van der Waals surface area contributed by atoms with E-state index in [1.54, 1.807) is 0 Å². The molecule has 0 amide bonds. The Labute approximate surface area is 168 Å². The molecule has 0 unspecified atom stereocenters. The highest BCUT2D eigenvalue weighted by Crippen LogP contribution is 2.27. The summed E-state index contributed by atoms with van der Waals surface area (Å²) in [7, 11) is 0. The summed E-state index contributed by atoms with van der Waals surface area (Å²) in [5, 5.41) is 4.06. The lowest BCUT2D eigenvalue weighted by atomic mass is 10.1. The third kappa shape index (κ3) is 5.03. The molecular weight excluding hydrogens is 410 g/mol. The summed E-state index contributed by atoms with van der Waals surface area (Å²) in [6.07, 6.45) is 0. The fraction of sp³-hybridized carbons (Fsp3) is 0.182. The molecule has 0 radical (unpaired) electrons. The van der Waals surface area contributed by atoms with Crippen LogP contribution in [0.25, 0.3) is 0 Å². The van der Waals surface area contributed by atoms with Crippen LogP contribution in [-0.4, -0.2) is 0 Å². The van der Waals surface area contributed by atoms with Gasteiger partial charge in [0.25, 0.3) is 0 Å². The predicted octanol–water partition coefficient (Wildman–Crippen LogP) is 6.91. The number of benzene rings is 3. The molecule has 3 aromatic rings. The quantitative estimate of drug-likeness (QED) is 0.458. The van der Waals surface area contributed by atoms with Crippen LogP contribution in [0.4, 0.5) is 5.69 Å². The lowest BCUT2D eigenvalue weighted by molar-refractivity contribution is 0.306. The summed E-state index contributed by atoms with van der Waals surface area (Å²) < 4.78 is 6.90. The number of aryl methyl sites for hydroxylation is 2. The molecule has 3 aromatic carbocycles. The van der Waals surface area contributed by atoms with Crippen LogP contribution in [0, 0.1) is 13.8 Å². The molecular formula is C22H21BrClNO. The molecule has 134 valence electrons. The fourth-order valence-corrected chi connectivity index (χ4v) is 3.09. The van der Waals surface area contributed by atoms with Gasteiger partial charge in [0, 0.05) is 16.7 Å². The first-order chi connectivity index (χ1) is 12.5. The number of nitrogens with one attached hydrogen (secondary N) is 1. The van der Waals surface area contributed by atoms with Crippen LogP contribution in [0.15, 0.2) is 65.1 Å². The molecule has 0 bridgehead atoms. The Morgan fingerprint density at radius 1 is 0.885 bits per heavy atom. The minimum atomic E-state index is 0.493. The van der Waals surface area contributed by atoms with Crippen LogP contribution in [0.2, 0.25) is 5.02 Å². The molecule has 2 nitrogen and oxygen atoms in total. The number of halogens is 2. The number of anilines is 1. The molecule has 0 atom stereocenters. The van der Waals surface area contributed by atoms with Crippen molar-refractivity contribution in [1.82, 2.24) is 0 Å². The molecule has 0 heterocycles. The monoisotopic (exact) mass is 429 g/mol. The molecule has 1 N–H and O–H groups in total. The third-order valence-corrected chi connectivity index (χ3v) is 5.13. The number of hydrogen-bond acceptors (Lipinski definition) is 2. The van der Waals surface area contributed by atoms with Crippen LogP contribution in [0.3, 0.4) is 0 Å². The summed E-state index contributed by atoms with van der Waals surface area (Å²) in [5.74, 6) is 0.699. The van der Waals surface area contributed by atoms with Crippen molar-refractivity contribution < 1.29 is 4.74 Å². The standard InChI is InChI=1S/C22H21BrClNO/c1-15-3-9-20(11-16(15)2)25-13-18-6-10-22(21(24)12-18)26-14-17-4-7-19(23)8-5-17/h3-12,25H,13-14H2,1-2H3. The number of ether oxygens (including phenoxy) is 1. The van der Waals surface area contributed by atoms with Crippen molar-refractivity contribution in [3.8, 4) is 5.75 Å². The number of rotatable bonds is 6. The van der Waals surface area contributed by atoms with Gasteiger partial charge in [-0.3, -0.25) is 0 Å². The zero-order chi connectivity index (χ0) is 18.5. The summed E-state index contributed by atoms with van der Waals surface area (Å²) in [6.45, 7) is 5.45. The van der Waals surface area contributed by atoms with Crippen molar-refractivity contribution >= 4 is 33.2 Å². The van der Waals surface area contributed by atoms with E-state index in [-0.39, 0.29) is 0 Å². The predicted molar refractivity (Wildman–Crippen MR) is 113 cm³/mol. The molecule has 0 saturated heterocycles. The summed E-state index contributed by atoms with van der Waals surface area (Å²) >= 11 is 9.82. The highest BCUT2D eigenvalue weighted by molar-refractivity contribution is 9.10. The normalized spacial score (nSPS) is 10.6. The number of hydrogen-bond donors (Lipinski definition) is 1. The van der Waals surface area contributed by atoms with Gasteiger partial charge in [0.2, 0.25) is 0 Å². The van der Waals surface area contributed by atoms with Crippen molar-refractivity contribution in [2.75, 3.05) is 5.32 Å².